The molecule has 1 heterocycles. The molecule has 0 bridgehead atoms. The number of unbranched alkanes of at least 4 members (excludes halogenated alkanes) is 13. The van der Waals surface area contributed by atoms with E-state index < -0.39 is 0 Å². The minimum Gasteiger partial charge on any atom is -0.494 e. The van der Waals surface area contributed by atoms with Crippen molar-refractivity contribution in [1.82, 2.24) is 9.97 Å². The maximum absolute atomic E-state index is 5.93. The van der Waals surface area contributed by atoms with Gasteiger partial charge in [-0.1, -0.05) is 117 Å². The molecule has 0 fully saturated rings. The Kier molecular flexibility index (Phi) is 17.6. The molecule has 1 atom stereocenters. The van der Waals surface area contributed by atoms with E-state index in [4.69, 9.17) is 9.47 Å². The summed E-state index contributed by atoms with van der Waals surface area (Å²) in [5.41, 5.74) is 0.996. The Hall–Kier alpha value is -2.10. The summed E-state index contributed by atoms with van der Waals surface area (Å²) in [5.74, 6) is 3.25. The molecule has 0 aliphatic heterocycles. The first kappa shape index (κ1) is 31.1. The molecular weight excluding hydrogens is 456 g/mol. The Morgan fingerprint density at radius 1 is 0.595 bits per heavy atom. The van der Waals surface area contributed by atoms with E-state index in [-0.39, 0.29) is 0 Å². The largest absolute Gasteiger partial charge is 0.494 e. The zero-order chi connectivity index (χ0) is 26.4. The number of benzene rings is 1. The second kappa shape index (κ2) is 20.9. The van der Waals surface area contributed by atoms with Crippen molar-refractivity contribution in [3.05, 3.63) is 36.7 Å². The fraction of sp³-hybridized carbons (Fsp3) is 0.697. The highest BCUT2D eigenvalue weighted by molar-refractivity contribution is 5.56. The number of ether oxygens (including phenoxy) is 2. The van der Waals surface area contributed by atoms with Gasteiger partial charge in [-0.25, -0.2) is 9.97 Å². The van der Waals surface area contributed by atoms with Gasteiger partial charge in [0.05, 0.1) is 25.6 Å². The smallest absolute Gasteiger partial charge is 0.159 e. The molecule has 1 unspecified atom stereocenters. The minimum absolute atomic E-state index is 0.718. The van der Waals surface area contributed by atoms with E-state index in [0.29, 0.717) is 0 Å². The molecule has 0 saturated heterocycles. The molecule has 0 aliphatic carbocycles. The van der Waals surface area contributed by atoms with Gasteiger partial charge in [0.25, 0.3) is 0 Å². The zero-order valence-electron chi connectivity index (χ0n) is 24.2. The van der Waals surface area contributed by atoms with Crippen molar-refractivity contribution in [3.63, 3.8) is 0 Å². The molecule has 4 heteroatoms. The first-order valence-electron chi connectivity index (χ1n) is 15.4. The summed E-state index contributed by atoms with van der Waals surface area (Å²) in [5, 5.41) is 0. The van der Waals surface area contributed by atoms with Crippen LogP contribution >= 0.6 is 0 Å². The third kappa shape index (κ3) is 15.0. The molecular formula is C33H54N2O2. The van der Waals surface area contributed by atoms with Gasteiger partial charge >= 0.3 is 0 Å². The predicted octanol–water partition coefficient (Wildman–Crippen LogP) is 10.2. The Labute approximate surface area is 228 Å². The molecule has 0 saturated carbocycles. The van der Waals surface area contributed by atoms with Gasteiger partial charge in [-0.15, -0.1) is 0 Å². The van der Waals surface area contributed by atoms with Crippen molar-refractivity contribution in [3.8, 4) is 22.9 Å². The van der Waals surface area contributed by atoms with Crippen LogP contribution in [0.1, 0.15) is 130 Å². The van der Waals surface area contributed by atoms with E-state index in [9.17, 15) is 0 Å². The van der Waals surface area contributed by atoms with Crippen molar-refractivity contribution in [1.29, 1.82) is 0 Å². The Bertz CT molecular complexity index is 776. The average molecular weight is 511 g/mol. The van der Waals surface area contributed by atoms with Crippen molar-refractivity contribution in [2.24, 2.45) is 5.92 Å². The number of rotatable bonds is 23. The average Bonchev–Trinajstić information content (AvgIpc) is 2.93. The van der Waals surface area contributed by atoms with Gasteiger partial charge < -0.3 is 9.47 Å². The van der Waals surface area contributed by atoms with Crippen LogP contribution in [0.5, 0.6) is 11.5 Å². The number of hydrogen-bond donors (Lipinski definition) is 0. The fourth-order valence-corrected chi connectivity index (χ4v) is 4.54. The van der Waals surface area contributed by atoms with E-state index in [1.54, 1.807) is 12.4 Å². The summed E-state index contributed by atoms with van der Waals surface area (Å²) in [6.07, 6.45) is 26.0. The van der Waals surface area contributed by atoms with Crippen LogP contribution in [-0.4, -0.2) is 23.2 Å². The Balaban J connectivity index is 1.53. The monoisotopic (exact) mass is 510 g/mol. The number of hydrogen-bond acceptors (Lipinski definition) is 4. The zero-order valence-corrected chi connectivity index (χ0v) is 24.2. The molecule has 37 heavy (non-hydrogen) atoms. The minimum atomic E-state index is 0.718. The first-order valence-corrected chi connectivity index (χ1v) is 15.4. The molecule has 1 aromatic heterocycles. The lowest BCUT2D eigenvalue weighted by molar-refractivity contribution is 0.301. The van der Waals surface area contributed by atoms with Crippen LogP contribution in [0, 0.1) is 5.92 Å². The molecule has 0 N–H and O–H groups in total. The number of aromatic nitrogens is 2. The quantitative estimate of drug-likeness (QED) is 0.139. The van der Waals surface area contributed by atoms with Crippen molar-refractivity contribution < 1.29 is 9.47 Å². The lowest BCUT2D eigenvalue weighted by Crippen LogP contribution is -1.99. The van der Waals surface area contributed by atoms with Crippen LogP contribution in [-0.2, 0) is 0 Å². The SMILES string of the molecule is CCCCCCCCCCCCOc1ccc(-c2ncc(OCCCCCCCC(C)CC)cn2)cc1. The molecule has 2 aromatic rings. The highest BCUT2D eigenvalue weighted by Gasteiger charge is 2.04. The Morgan fingerprint density at radius 3 is 1.62 bits per heavy atom. The van der Waals surface area contributed by atoms with Crippen LogP contribution in [0.25, 0.3) is 11.4 Å². The number of nitrogens with zero attached hydrogens (tertiary/aromatic N) is 2. The van der Waals surface area contributed by atoms with Gasteiger partial charge in [-0.05, 0) is 43.0 Å². The van der Waals surface area contributed by atoms with E-state index in [2.05, 4.69) is 30.7 Å². The summed E-state index contributed by atoms with van der Waals surface area (Å²) in [7, 11) is 0. The summed E-state index contributed by atoms with van der Waals surface area (Å²) >= 11 is 0. The third-order valence-electron chi connectivity index (χ3n) is 7.31. The highest BCUT2D eigenvalue weighted by atomic mass is 16.5. The summed E-state index contributed by atoms with van der Waals surface area (Å²) in [4.78, 5) is 8.99. The second-order valence-corrected chi connectivity index (χ2v) is 10.7. The van der Waals surface area contributed by atoms with Gasteiger partial charge in [-0.2, -0.15) is 0 Å². The molecule has 1 aromatic carbocycles. The first-order chi connectivity index (χ1) is 18.2. The predicted molar refractivity (Wildman–Crippen MR) is 157 cm³/mol. The van der Waals surface area contributed by atoms with Gasteiger partial charge in [0.1, 0.15) is 5.75 Å². The standard InChI is InChI=1S/C33H54N2O2/c1-4-6-7-8-9-10-11-12-15-18-25-36-31-23-21-30(22-24-31)33-34-27-32(28-35-33)37-26-19-16-13-14-17-20-29(3)5-2/h21-24,27-29H,4-20,25-26H2,1-3H3. The second-order valence-electron chi connectivity index (χ2n) is 10.7. The van der Waals surface area contributed by atoms with E-state index in [1.165, 1.54) is 96.3 Å². The summed E-state index contributed by atoms with van der Waals surface area (Å²) in [6, 6.07) is 8.10. The molecule has 4 nitrogen and oxygen atoms in total. The summed E-state index contributed by atoms with van der Waals surface area (Å²) < 4.78 is 11.8. The van der Waals surface area contributed by atoms with Gasteiger partial charge in [-0.3, -0.25) is 0 Å². The Morgan fingerprint density at radius 2 is 1.08 bits per heavy atom. The van der Waals surface area contributed by atoms with E-state index in [1.807, 2.05) is 24.3 Å². The van der Waals surface area contributed by atoms with Crippen molar-refractivity contribution in [2.75, 3.05) is 13.2 Å². The lowest BCUT2D eigenvalue weighted by atomic mass is 10.0. The topological polar surface area (TPSA) is 44.2 Å². The third-order valence-corrected chi connectivity index (χ3v) is 7.31. The highest BCUT2D eigenvalue weighted by Crippen LogP contribution is 2.21. The molecule has 0 spiro atoms. The van der Waals surface area contributed by atoms with Gasteiger partial charge in [0.2, 0.25) is 0 Å². The van der Waals surface area contributed by atoms with Crippen LogP contribution < -0.4 is 9.47 Å². The van der Waals surface area contributed by atoms with E-state index >= 15 is 0 Å². The van der Waals surface area contributed by atoms with Crippen molar-refractivity contribution in [2.45, 2.75) is 130 Å². The molecule has 0 radical (unpaired) electrons. The maximum atomic E-state index is 5.93. The van der Waals surface area contributed by atoms with Crippen LogP contribution in [0.2, 0.25) is 0 Å². The van der Waals surface area contributed by atoms with E-state index in [0.717, 1.165) is 54.9 Å². The van der Waals surface area contributed by atoms with Crippen LogP contribution in [0.3, 0.4) is 0 Å². The molecule has 0 aliphatic rings. The molecule has 0 amide bonds. The van der Waals surface area contributed by atoms with Crippen LogP contribution in [0.4, 0.5) is 0 Å². The molecule has 208 valence electrons. The molecule has 2 rings (SSSR count). The summed E-state index contributed by atoms with van der Waals surface area (Å²) in [6.45, 7) is 8.43. The van der Waals surface area contributed by atoms with Gasteiger partial charge in [0, 0.05) is 5.56 Å². The van der Waals surface area contributed by atoms with Crippen molar-refractivity contribution >= 4 is 0 Å². The normalized spacial score (nSPS) is 12.0. The fourth-order valence-electron chi connectivity index (χ4n) is 4.54. The lowest BCUT2D eigenvalue weighted by Gasteiger charge is -2.09. The maximum Gasteiger partial charge on any atom is 0.159 e. The van der Waals surface area contributed by atoms with Gasteiger partial charge in [0.15, 0.2) is 11.6 Å². The van der Waals surface area contributed by atoms with Crippen LogP contribution in [0.15, 0.2) is 36.7 Å².